The Labute approximate surface area is 113 Å². The van der Waals surface area contributed by atoms with Crippen LogP contribution in [0.25, 0.3) is 0 Å². The minimum Gasteiger partial charge on any atom is -0.388 e. The van der Waals surface area contributed by atoms with Crippen LogP contribution in [-0.4, -0.2) is 14.9 Å². The number of aliphatic hydroxyl groups excluding tert-OH is 1. The molecule has 0 bridgehead atoms. The van der Waals surface area contributed by atoms with Crippen molar-refractivity contribution in [3.8, 4) is 0 Å². The highest BCUT2D eigenvalue weighted by Gasteiger charge is 2.16. The van der Waals surface area contributed by atoms with E-state index in [1.54, 1.807) is 23.0 Å². The number of hydrogen-bond acceptors (Lipinski definition) is 2. The molecule has 0 aliphatic rings. The fourth-order valence-electron chi connectivity index (χ4n) is 1.88. The highest BCUT2D eigenvalue weighted by atomic mass is 79.9. The highest BCUT2D eigenvalue weighted by molar-refractivity contribution is 9.10. The van der Waals surface area contributed by atoms with Gasteiger partial charge in [0.15, 0.2) is 0 Å². The standard InChI is InChI=1S/C13H14BrFN2O/c1-17-8-9(7-16-17)5-6-12(18)13-10(14)3-2-4-11(13)15/h2-4,7-8,12,18H,5-6H2,1H3. The van der Waals surface area contributed by atoms with Crippen molar-refractivity contribution in [3.63, 3.8) is 0 Å². The summed E-state index contributed by atoms with van der Waals surface area (Å²) in [4.78, 5) is 0. The summed E-state index contributed by atoms with van der Waals surface area (Å²) in [5.74, 6) is -0.386. The molecule has 0 spiro atoms. The first-order chi connectivity index (χ1) is 8.58. The van der Waals surface area contributed by atoms with Crippen molar-refractivity contribution in [1.82, 2.24) is 9.78 Å². The van der Waals surface area contributed by atoms with Crippen LogP contribution >= 0.6 is 15.9 Å². The van der Waals surface area contributed by atoms with Crippen LogP contribution in [0.3, 0.4) is 0 Å². The molecule has 0 saturated carbocycles. The van der Waals surface area contributed by atoms with Crippen molar-refractivity contribution >= 4 is 15.9 Å². The van der Waals surface area contributed by atoms with Gasteiger partial charge in [0.1, 0.15) is 5.82 Å². The fraction of sp³-hybridized carbons (Fsp3) is 0.308. The second-order valence-electron chi connectivity index (χ2n) is 4.21. The number of rotatable bonds is 4. The molecule has 0 aliphatic heterocycles. The average molecular weight is 313 g/mol. The Morgan fingerprint density at radius 3 is 2.89 bits per heavy atom. The van der Waals surface area contributed by atoms with Gasteiger partial charge in [-0.15, -0.1) is 0 Å². The number of hydrogen-bond donors (Lipinski definition) is 1. The third-order valence-corrected chi connectivity index (χ3v) is 3.49. The Hall–Kier alpha value is -1.20. The SMILES string of the molecule is Cn1cc(CCC(O)c2c(F)cccc2Br)cn1. The highest BCUT2D eigenvalue weighted by Crippen LogP contribution is 2.28. The number of benzene rings is 1. The molecule has 1 N–H and O–H groups in total. The zero-order valence-electron chi connectivity index (χ0n) is 9.98. The van der Waals surface area contributed by atoms with Crippen LogP contribution in [0.5, 0.6) is 0 Å². The maximum absolute atomic E-state index is 13.6. The second-order valence-corrected chi connectivity index (χ2v) is 5.07. The predicted octanol–water partition coefficient (Wildman–Crippen LogP) is 2.99. The first-order valence-electron chi connectivity index (χ1n) is 5.67. The topological polar surface area (TPSA) is 38.0 Å². The smallest absolute Gasteiger partial charge is 0.130 e. The molecule has 2 aromatic rings. The molecule has 5 heteroatoms. The number of nitrogens with zero attached hydrogens (tertiary/aromatic N) is 2. The molecule has 1 aromatic carbocycles. The van der Waals surface area contributed by atoms with E-state index in [9.17, 15) is 9.50 Å². The van der Waals surface area contributed by atoms with Crippen LogP contribution in [0.1, 0.15) is 23.7 Å². The summed E-state index contributed by atoms with van der Waals surface area (Å²) in [6.45, 7) is 0. The quantitative estimate of drug-likeness (QED) is 0.942. The summed E-state index contributed by atoms with van der Waals surface area (Å²) in [5.41, 5.74) is 1.35. The molecule has 0 saturated heterocycles. The van der Waals surface area contributed by atoms with Crippen LogP contribution in [0.15, 0.2) is 35.1 Å². The van der Waals surface area contributed by atoms with Crippen molar-refractivity contribution in [2.24, 2.45) is 7.05 Å². The van der Waals surface area contributed by atoms with Crippen molar-refractivity contribution in [3.05, 3.63) is 52.0 Å². The van der Waals surface area contributed by atoms with Gasteiger partial charge in [0.25, 0.3) is 0 Å². The van der Waals surface area contributed by atoms with Crippen molar-refractivity contribution in [2.75, 3.05) is 0 Å². The van der Waals surface area contributed by atoms with Gasteiger partial charge in [0.05, 0.1) is 12.3 Å². The third kappa shape index (κ3) is 2.97. The van der Waals surface area contributed by atoms with Gasteiger partial charge in [-0.2, -0.15) is 5.10 Å². The van der Waals surface area contributed by atoms with Crippen LogP contribution in [0.4, 0.5) is 4.39 Å². The molecule has 0 radical (unpaired) electrons. The summed E-state index contributed by atoms with van der Waals surface area (Å²) in [6, 6.07) is 4.69. The van der Waals surface area contributed by atoms with Gasteiger partial charge in [0.2, 0.25) is 0 Å². The van der Waals surface area contributed by atoms with Crippen LogP contribution in [0.2, 0.25) is 0 Å². The van der Waals surface area contributed by atoms with Gasteiger partial charge < -0.3 is 5.11 Å². The largest absolute Gasteiger partial charge is 0.388 e. The Morgan fingerprint density at radius 1 is 1.50 bits per heavy atom. The lowest BCUT2D eigenvalue weighted by atomic mass is 10.0. The second kappa shape index (κ2) is 5.63. The summed E-state index contributed by atoms with van der Waals surface area (Å²) in [7, 11) is 1.84. The monoisotopic (exact) mass is 312 g/mol. The molecule has 0 fully saturated rings. The summed E-state index contributed by atoms with van der Waals surface area (Å²) < 4.78 is 15.9. The number of aromatic nitrogens is 2. The summed E-state index contributed by atoms with van der Waals surface area (Å²) in [5, 5.41) is 14.1. The minimum absolute atomic E-state index is 0.321. The molecule has 96 valence electrons. The number of aliphatic hydroxyl groups is 1. The Bertz CT molecular complexity index is 521. The lowest BCUT2D eigenvalue weighted by Gasteiger charge is -2.13. The molecule has 3 nitrogen and oxygen atoms in total. The van der Waals surface area contributed by atoms with Crippen molar-refractivity contribution < 1.29 is 9.50 Å². The van der Waals surface area contributed by atoms with Crippen molar-refractivity contribution in [1.29, 1.82) is 0 Å². The van der Waals surface area contributed by atoms with Gasteiger partial charge in [-0.05, 0) is 30.5 Å². The molecule has 18 heavy (non-hydrogen) atoms. The first kappa shape index (κ1) is 13.2. The molecular weight excluding hydrogens is 299 g/mol. The molecular formula is C13H14BrFN2O. The van der Waals surface area contributed by atoms with E-state index in [1.165, 1.54) is 6.07 Å². The maximum atomic E-state index is 13.6. The molecule has 1 aromatic heterocycles. The molecule has 0 amide bonds. The lowest BCUT2D eigenvalue weighted by Crippen LogP contribution is -2.03. The Morgan fingerprint density at radius 2 is 2.28 bits per heavy atom. The van der Waals surface area contributed by atoms with E-state index in [-0.39, 0.29) is 5.82 Å². The molecule has 1 atom stereocenters. The van der Waals surface area contributed by atoms with Gasteiger partial charge >= 0.3 is 0 Å². The van der Waals surface area contributed by atoms with Gasteiger partial charge in [0, 0.05) is 23.3 Å². The van der Waals surface area contributed by atoms with Crippen molar-refractivity contribution in [2.45, 2.75) is 18.9 Å². The maximum Gasteiger partial charge on any atom is 0.130 e. The summed E-state index contributed by atoms with van der Waals surface area (Å²) >= 11 is 3.26. The van der Waals surface area contributed by atoms with E-state index < -0.39 is 6.10 Å². The van der Waals surface area contributed by atoms with Crippen LogP contribution in [-0.2, 0) is 13.5 Å². The average Bonchev–Trinajstić information content (AvgIpc) is 2.72. The Balaban J connectivity index is 2.06. The fourth-order valence-corrected chi connectivity index (χ4v) is 2.48. The molecule has 0 aliphatic carbocycles. The van der Waals surface area contributed by atoms with E-state index in [0.717, 1.165) is 5.56 Å². The predicted molar refractivity (Wildman–Crippen MR) is 70.6 cm³/mol. The van der Waals surface area contributed by atoms with Crippen LogP contribution < -0.4 is 0 Å². The van der Waals surface area contributed by atoms with Gasteiger partial charge in [-0.25, -0.2) is 4.39 Å². The molecule has 1 unspecified atom stereocenters. The normalized spacial score (nSPS) is 12.7. The summed E-state index contributed by atoms with van der Waals surface area (Å²) in [6.07, 6.45) is 3.95. The van der Waals surface area contributed by atoms with E-state index in [0.29, 0.717) is 22.9 Å². The van der Waals surface area contributed by atoms with E-state index in [2.05, 4.69) is 21.0 Å². The van der Waals surface area contributed by atoms with E-state index in [4.69, 9.17) is 0 Å². The third-order valence-electron chi connectivity index (χ3n) is 2.80. The van der Waals surface area contributed by atoms with Gasteiger partial charge in [-0.1, -0.05) is 22.0 Å². The molecule has 1 heterocycles. The van der Waals surface area contributed by atoms with Gasteiger partial charge in [-0.3, -0.25) is 4.68 Å². The zero-order valence-corrected chi connectivity index (χ0v) is 11.6. The number of aryl methyl sites for hydroxylation is 2. The number of halogens is 2. The lowest BCUT2D eigenvalue weighted by molar-refractivity contribution is 0.162. The first-order valence-corrected chi connectivity index (χ1v) is 6.46. The Kier molecular flexibility index (Phi) is 4.14. The van der Waals surface area contributed by atoms with E-state index in [1.807, 2.05) is 13.2 Å². The minimum atomic E-state index is -0.819. The molecule has 2 rings (SSSR count). The van der Waals surface area contributed by atoms with E-state index >= 15 is 0 Å². The van der Waals surface area contributed by atoms with Crippen LogP contribution in [0, 0.1) is 5.82 Å². The zero-order chi connectivity index (χ0) is 13.1.